The summed E-state index contributed by atoms with van der Waals surface area (Å²) in [5.74, 6) is 0. The Hall–Kier alpha value is 0.636. The molecule has 0 bridgehead atoms. The predicted molar refractivity (Wildman–Crippen MR) is 39.2 cm³/mol. The van der Waals surface area contributed by atoms with E-state index in [0.29, 0.717) is 0 Å². The molecule has 0 amide bonds. The van der Waals surface area contributed by atoms with Gasteiger partial charge in [0, 0.05) is 21.2 Å². The maximum absolute atomic E-state index is 2.00. The molecule has 0 unspecified atom stereocenters. The number of hydrogen-bond acceptors (Lipinski definition) is 0. The van der Waals surface area contributed by atoms with E-state index in [2.05, 4.69) is 0 Å². The molecule has 0 aromatic heterocycles. The topological polar surface area (TPSA) is 0 Å². The van der Waals surface area contributed by atoms with Crippen molar-refractivity contribution in [2.24, 2.45) is 0 Å². The molecular formula is C6H16Ga. The van der Waals surface area contributed by atoms with Gasteiger partial charge in [-0.05, 0) is 12.8 Å². The van der Waals surface area contributed by atoms with Crippen molar-refractivity contribution in [2.75, 3.05) is 0 Å². The fraction of sp³-hybridized carbons (Fsp3) is 0.667. The van der Waals surface area contributed by atoms with Gasteiger partial charge in [0.2, 0.25) is 0 Å². The Morgan fingerprint density at radius 3 is 0.857 bits per heavy atom. The van der Waals surface area contributed by atoms with Crippen LogP contribution >= 0.6 is 0 Å². The fourth-order valence-corrected chi connectivity index (χ4v) is 0. The third kappa shape index (κ3) is 352. The molecule has 0 atom stereocenters. The molecule has 0 fully saturated rings. The van der Waals surface area contributed by atoms with Gasteiger partial charge in [0.05, 0.1) is 0 Å². The van der Waals surface area contributed by atoms with Crippen LogP contribution in [0.5, 0.6) is 0 Å². The van der Waals surface area contributed by atoms with Gasteiger partial charge < -0.3 is 0 Å². The van der Waals surface area contributed by atoms with Gasteiger partial charge in [0.25, 0.3) is 0 Å². The standard InChI is InChI=1S/2C3H7.Ga.H2/c2*1-3-2;;/h2*3H,1-2H3;;1H. The Morgan fingerprint density at radius 1 is 0.857 bits per heavy atom. The SMILES string of the molecule is C[CH]C.C[CH]C.[Ga].[HH]. The molecule has 0 nitrogen and oxygen atoms in total. The van der Waals surface area contributed by atoms with E-state index < -0.39 is 0 Å². The molecule has 7 heavy (non-hydrogen) atoms. The molecule has 0 aromatic rings. The molecule has 43 valence electrons. The number of hydrogen-bond donors (Lipinski definition) is 0. The zero-order valence-electron chi connectivity index (χ0n) is 5.73. The van der Waals surface area contributed by atoms with Crippen LogP contribution < -0.4 is 0 Å². The monoisotopic (exact) mass is 157 g/mol. The van der Waals surface area contributed by atoms with E-state index in [0.717, 1.165) is 0 Å². The summed E-state index contributed by atoms with van der Waals surface area (Å²) in [6.07, 6.45) is 4.00. The first-order valence-electron chi connectivity index (χ1n) is 2.31. The minimum absolute atomic E-state index is 0. The van der Waals surface area contributed by atoms with Crippen LogP contribution in [0, 0.1) is 12.8 Å². The molecule has 0 aromatic carbocycles. The van der Waals surface area contributed by atoms with Crippen molar-refractivity contribution >= 4 is 19.8 Å². The van der Waals surface area contributed by atoms with Crippen LogP contribution in [0.4, 0.5) is 0 Å². The Bertz CT molecular complexity index is 10.5. The summed E-state index contributed by atoms with van der Waals surface area (Å²) in [6, 6.07) is 0. The minimum Gasteiger partial charge on any atom is -0.0625 e. The van der Waals surface area contributed by atoms with Crippen LogP contribution in [0.1, 0.15) is 29.1 Å². The summed E-state index contributed by atoms with van der Waals surface area (Å²) in [4.78, 5) is 0. The molecule has 0 saturated carbocycles. The second kappa shape index (κ2) is 30.3. The van der Waals surface area contributed by atoms with Crippen LogP contribution in [0.15, 0.2) is 0 Å². The van der Waals surface area contributed by atoms with Crippen LogP contribution in [0.25, 0.3) is 0 Å². The molecule has 5 radical (unpaired) electrons. The van der Waals surface area contributed by atoms with Crippen LogP contribution in [0.2, 0.25) is 0 Å². The van der Waals surface area contributed by atoms with E-state index in [1.165, 1.54) is 0 Å². The average molecular weight is 158 g/mol. The molecule has 0 N–H and O–H groups in total. The Morgan fingerprint density at radius 2 is 0.857 bits per heavy atom. The average Bonchev–Trinajstić information content (AvgIpc) is 1.39. The summed E-state index contributed by atoms with van der Waals surface area (Å²) in [7, 11) is 0. The smallest absolute Gasteiger partial charge is 0 e. The second-order valence-electron chi connectivity index (χ2n) is 1.15. The van der Waals surface area contributed by atoms with Crippen molar-refractivity contribution in [1.29, 1.82) is 0 Å². The van der Waals surface area contributed by atoms with Crippen molar-refractivity contribution < 1.29 is 1.43 Å². The minimum atomic E-state index is 0. The Kier molecular flexibility index (Phi) is 67.8. The summed E-state index contributed by atoms with van der Waals surface area (Å²) in [5.41, 5.74) is 0. The van der Waals surface area contributed by atoms with Crippen molar-refractivity contribution in [3.63, 3.8) is 0 Å². The van der Waals surface area contributed by atoms with Gasteiger partial charge in [0.15, 0.2) is 0 Å². The molecule has 0 rings (SSSR count). The molecule has 1 heteroatoms. The van der Waals surface area contributed by atoms with Crippen molar-refractivity contribution in [2.45, 2.75) is 27.7 Å². The molecule has 0 aliphatic heterocycles. The van der Waals surface area contributed by atoms with Crippen molar-refractivity contribution in [3.05, 3.63) is 12.8 Å². The van der Waals surface area contributed by atoms with Gasteiger partial charge in [-0.25, -0.2) is 0 Å². The normalized spacial score (nSPS) is 5.14. The Balaban J connectivity index is -0.0000000160. The van der Waals surface area contributed by atoms with Gasteiger partial charge in [-0.3, -0.25) is 0 Å². The first-order chi connectivity index (χ1) is 2.83. The largest absolute Gasteiger partial charge is 0.0625 e. The zero-order chi connectivity index (χ0) is 5.41. The van der Waals surface area contributed by atoms with E-state index in [-0.39, 0.29) is 21.2 Å². The quantitative estimate of drug-likeness (QED) is 0.474. The molecule has 0 aliphatic carbocycles. The van der Waals surface area contributed by atoms with Gasteiger partial charge in [0.1, 0.15) is 0 Å². The fourth-order valence-electron chi connectivity index (χ4n) is 0. The number of rotatable bonds is 0. The zero-order valence-corrected chi connectivity index (χ0v) is 8.15. The Labute approximate surface area is 62.2 Å². The molecule has 0 saturated heterocycles. The summed E-state index contributed by atoms with van der Waals surface area (Å²) in [5, 5.41) is 0. The van der Waals surface area contributed by atoms with Gasteiger partial charge in [-0.15, -0.1) is 0 Å². The van der Waals surface area contributed by atoms with Crippen molar-refractivity contribution in [3.8, 4) is 0 Å². The first-order valence-corrected chi connectivity index (χ1v) is 2.31. The van der Waals surface area contributed by atoms with E-state index in [9.17, 15) is 0 Å². The second-order valence-corrected chi connectivity index (χ2v) is 1.15. The maximum atomic E-state index is 2.00. The van der Waals surface area contributed by atoms with Gasteiger partial charge in [-0.1, -0.05) is 27.7 Å². The van der Waals surface area contributed by atoms with Crippen LogP contribution in [0.3, 0.4) is 0 Å². The van der Waals surface area contributed by atoms with E-state index in [1.54, 1.807) is 0 Å². The maximum Gasteiger partial charge on any atom is 0 e. The van der Waals surface area contributed by atoms with Gasteiger partial charge >= 0.3 is 0 Å². The van der Waals surface area contributed by atoms with Crippen LogP contribution in [-0.4, -0.2) is 19.8 Å². The summed E-state index contributed by atoms with van der Waals surface area (Å²) < 4.78 is 0. The van der Waals surface area contributed by atoms with E-state index >= 15 is 0 Å². The summed E-state index contributed by atoms with van der Waals surface area (Å²) in [6.45, 7) is 8.00. The van der Waals surface area contributed by atoms with Gasteiger partial charge in [-0.2, -0.15) is 0 Å². The molecule has 0 spiro atoms. The third-order valence-corrected chi connectivity index (χ3v) is 0. The molecule has 0 heterocycles. The third-order valence-electron chi connectivity index (χ3n) is 0. The van der Waals surface area contributed by atoms with E-state index in [1.807, 2.05) is 40.5 Å². The van der Waals surface area contributed by atoms with Crippen LogP contribution in [-0.2, 0) is 0 Å². The van der Waals surface area contributed by atoms with E-state index in [4.69, 9.17) is 0 Å². The first kappa shape index (κ1) is 15.6. The molecule has 0 aliphatic rings. The molecular weight excluding hydrogens is 142 g/mol. The summed E-state index contributed by atoms with van der Waals surface area (Å²) >= 11 is 0. The predicted octanol–water partition coefficient (Wildman–Crippen LogP) is 2.33. The van der Waals surface area contributed by atoms with Crippen molar-refractivity contribution in [1.82, 2.24) is 0 Å².